The predicted octanol–water partition coefficient (Wildman–Crippen LogP) is 3.86. The van der Waals surface area contributed by atoms with Crippen molar-refractivity contribution in [1.29, 1.82) is 0 Å². The van der Waals surface area contributed by atoms with Crippen LogP contribution in [-0.4, -0.2) is 19.9 Å². The fourth-order valence-electron chi connectivity index (χ4n) is 2.98. The van der Waals surface area contributed by atoms with Gasteiger partial charge in [0, 0.05) is 41.3 Å². The lowest BCUT2D eigenvalue weighted by molar-refractivity contribution is 0.920. The Hall–Kier alpha value is -3.21. The first-order chi connectivity index (χ1) is 11.8. The summed E-state index contributed by atoms with van der Waals surface area (Å²) in [6, 6.07) is 12.2. The number of pyridine rings is 1. The summed E-state index contributed by atoms with van der Waals surface area (Å²) < 4.78 is 0. The van der Waals surface area contributed by atoms with Crippen molar-refractivity contribution < 1.29 is 0 Å². The number of H-pyrrole nitrogens is 1. The maximum absolute atomic E-state index is 4.30. The molecule has 0 fully saturated rings. The molecule has 1 unspecified atom stereocenters. The number of aromatic nitrogens is 4. The molecule has 3 heterocycles. The number of aryl methyl sites for hydroxylation is 1. The Morgan fingerprint density at radius 3 is 2.79 bits per heavy atom. The SMILES string of the molecule is Cc1cccc2c(C(Nc3ccncn3)c3cccnc3)c[nH]c12. The van der Waals surface area contributed by atoms with Crippen molar-refractivity contribution in [2.45, 2.75) is 13.0 Å². The zero-order valence-electron chi connectivity index (χ0n) is 13.3. The molecule has 5 nitrogen and oxygen atoms in total. The largest absolute Gasteiger partial charge is 0.361 e. The molecule has 0 aliphatic heterocycles. The Bertz CT molecular complexity index is 947. The molecule has 3 aromatic heterocycles. The molecule has 0 spiro atoms. The number of para-hydroxylation sites is 1. The molecule has 24 heavy (non-hydrogen) atoms. The van der Waals surface area contributed by atoms with Gasteiger partial charge in [-0.05, 0) is 30.2 Å². The lowest BCUT2D eigenvalue weighted by atomic mass is 9.98. The summed E-state index contributed by atoms with van der Waals surface area (Å²) in [6.07, 6.45) is 9.00. The minimum atomic E-state index is -0.0517. The van der Waals surface area contributed by atoms with Crippen LogP contribution in [0, 0.1) is 6.92 Å². The highest BCUT2D eigenvalue weighted by Crippen LogP contribution is 2.32. The number of hydrogen-bond acceptors (Lipinski definition) is 4. The van der Waals surface area contributed by atoms with Crippen LogP contribution < -0.4 is 5.32 Å². The van der Waals surface area contributed by atoms with E-state index in [4.69, 9.17) is 0 Å². The average molecular weight is 315 g/mol. The topological polar surface area (TPSA) is 66.5 Å². The Labute approximate surface area is 139 Å². The summed E-state index contributed by atoms with van der Waals surface area (Å²) in [6.45, 7) is 2.11. The molecule has 4 rings (SSSR count). The van der Waals surface area contributed by atoms with Gasteiger partial charge in [-0.1, -0.05) is 24.3 Å². The molecule has 0 bridgehead atoms. The summed E-state index contributed by atoms with van der Waals surface area (Å²) in [5.41, 5.74) is 4.63. The van der Waals surface area contributed by atoms with Gasteiger partial charge in [0.1, 0.15) is 12.1 Å². The second-order valence-corrected chi connectivity index (χ2v) is 5.70. The van der Waals surface area contributed by atoms with Gasteiger partial charge in [0.15, 0.2) is 0 Å². The van der Waals surface area contributed by atoms with E-state index in [2.05, 4.69) is 62.6 Å². The third-order valence-electron chi connectivity index (χ3n) is 4.16. The number of rotatable bonds is 4. The van der Waals surface area contributed by atoms with E-state index < -0.39 is 0 Å². The summed E-state index contributed by atoms with van der Waals surface area (Å²) in [5, 5.41) is 4.70. The van der Waals surface area contributed by atoms with Crippen LogP contribution in [0.2, 0.25) is 0 Å². The molecule has 118 valence electrons. The van der Waals surface area contributed by atoms with E-state index in [0.29, 0.717) is 0 Å². The van der Waals surface area contributed by atoms with Crippen LogP contribution in [-0.2, 0) is 0 Å². The molecule has 0 saturated heterocycles. The molecular formula is C19H17N5. The summed E-state index contributed by atoms with van der Waals surface area (Å²) in [7, 11) is 0. The van der Waals surface area contributed by atoms with Gasteiger partial charge in [-0.2, -0.15) is 0 Å². The molecule has 4 aromatic rings. The van der Waals surface area contributed by atoms with Crippen LogP contribution in [0.1, 0.15) is 22.7 Å². The quantitative estimate of drug-likeness (QED) is 0.600. The highest BCUT2D eigenvalue weighted by Gasteiger charge is 2.19. The average Bonchev–Trinajstić information content (AvgIpc) is 3.07. The van der Waals surface area contributed by atoms with Gasteiger partial charge in [0.05, 0.1) is 6.04 Å². The minimum Gasteiger partial charge on any atom is -0.361 e. The van der Waals surface area contributed by atoms with Crippen molar-refractivity contribution in [2.24, 2.45) is 0 Å². The lowest BCUT2D eigenvalue weighted by Crippen LogP contribution is -2.13. The van der Waals surface area contributed by atoms with Crippen LogP contribution in [0.5, 0.6) is 0 Å². The van der Waals surface area contributed by atoms with Crippen LogP contribution in [0.15, 0.2) is 67.5 Å². The number of benzene rings is 1. The van der Waals surface area contributed by atoms with E-state index in [0.717, 1.165) is 16.9 Å². The number of nitrogens with one attached hydrogen (secondary N) is 2. The fraction of sp³-hybridized carbons (Fsp3) is 0.105. The van der Waals surface area contributed by atoms with E-state index in [1.165, 1.54) is 16.5 Å². The maximum atomic E-state index is 4.30. The second kappa shape index (κ2) is 6.12. The second-order valence-electron chi connectivity index (χ2n) is 5.70. The van der Waals surface area contributed by atoms with Crippen molar-refractivity contribution in [1.82, 2.24) is 19.9 Å². The molecule has 0 aliphatic rings. The molecule has 2 N–H and O–H groups in total. The Morgan fingerprint density at radius 2 is 2.00 bits per heavy atom. The van der Waals surface area contributed by atoms with Gasteiger partial charge in [0.2, 0.25) is 0 Å². The van der Waals surface area contributed by atoms with E-state index >= 15 is 0 Å². The van der Waals surface area contributed by atoms with E-state index in [-0.39, 0.29) is 6.04 Å². The van der Waals surface area contributed by atoms with Crippen molar-refractivity contribution >= 4 is 16.7 Å². The normalized spacial score (nSPS) is 12.2. The molecule has 0 saturated carbocycles. The van der Waals surface area contributed by atoms with Gasteiger partial charge >= 0.3 is 0 Å². The lowest BCUT2D eigenvalue weighted by Gasteiger charge is -2.19. The zero-order valence-corrected chi connectivity index (χ0v) is 13.3. The van der Waals surface area contributed by atoms with Gasteiger partial charge in [-0.15, -0.1) is 0 Å². The van der Waals surface area contributed by atoms with Gasteiger partial charge in [-0.3, -0.25) is 4.98 Å². The Morgan fingerprint density at radius 1 is 1.04 bits per heavy atom. The molecule has 1 atom stereocenters. The number of fused-ring (bicyclic) bond motifs is 1. The summed E-state index contributed by atoms with van der Waals surface area (Å²) in [4.78, 5) is 15.9. The van der Waals surface area contributed by atoms with Crippen molar-refractivity contribution in [3.63, 3.8) is 0 Å². The molecule has 1 aromatic carbocycles. The predicted molar refractivity (Wildman–Crippen MR) is 94.8 cm³/mol. The van der Waals surface area contributed by atoms with Crippen molar-refractivity contribution in [3.05, 3.63) is 84.2 Å². The smallest absolute Gasteiger partial charge is 0.130 e. The molecule has 0 aliphatic carbocycles. The zero-order chi connectivity index (χ0) is 16.4. The van der Waals surface area contributed by atoms with E-state index in [1.807, 2.05) is 18.3 Å². The standard InChI is InChI=1S/C19H17N5/c1-13-4-2-6-15-16(11-22-18(13)15)19(14-5-3-8-20-10-14)24-17-7-9-21-12-23-17/h2-12,19,22H,1H3,(H,21,23,24). The van der Waals surface area contributed by atoms with Crippen molar-refractivity contribution in [3.8, 4) is 0 Å². The van der Waals surface area contributed by atoms with Crippen LogP contribution >= 0.6 is 0 Å². The highest BCUT2D eigenvalue weighted by atomic mass is 15.0. The van der Waals surface area contributed by atoms with Crippen LogP contribution in [0.3, 0.4) is 0 Å². The first-order valence-corrected chi connectivity index (χ1v) is 7.82. The monoisotopic (exact) mass is 315 g/mol. The first kappa shape index (κ1) is 14.4. The van der Waals surface area contributed by atoms with Gasteiger partial charge in [0.25, 0.3) is 0 Å². The maximum Gasteiger partial charge on any atom is 0.130 e. The fourth-order valence-corrected chi connectivity index (χ4v) is 2.98. The number of anilines is 1. The van der Waals surface area contributed by atoms with E-state index in [1.54, 1.807) is 18.7 Å². The first-order valence-electron chi connectivity index (χ1n) is 7.82. The Kier molecular flexibility index (Phi) is 3.67. The van der Waals surface area contributed by atoms with Crippen LogP contribution in [0.25, 0.3) is 10.9 Å². The number of hydrogen-bond donors (Lipinski definition) is 2. The van der Waals surface area contributed by atoms with Crippen LogP contribution in [0.4, 0.5) is 5.82 Å². The van der Waals surface area contributed by atoms with Gasteiger partial charge < -0.3 is 10.3 Å². The summed E-state index contributed by atoms with van der Waals surface area (Å²) >= 11 is 0. The van der Waals surface area contributed by atoms with Crippen molar-refractivity contribution in [2.75, 3.05) is 5.32 Å². The summed E-state index contributed by atoms with van der Waals surface area (Å²) in [5.74, 6) is 0.779. The molecule has 0 amide bonds. The highest BCUT2D eigenvalue weighted by molar-refractivity contribution is 5.87. The third kappa shape index (κ3) is 2.60. The van der Waals surface area contributed by atoms with E-state index in [9.17, 15) is 0 Å². The third-order valence-corrected chi connectivity index (χ3v) is 4.16. The number of aromatic amines is 1. The van der Waals surface area contributed by atoms with Gasteiger partial charge in [-0.25, -0.2) is 9.97 Å². The minimum absolute atomic E-state index is 0.0517. The Balaban J connectivity index is 1.84. The number of nitrogens with zero attached hydrogens (tertiary/aromatic N) is 3. The molecule has 0 radical (unpaired) electrons. The molecule has 5 heteroatoms. The molecular weight excluding hydrogens is 298 g/mol.